The van der Waals surface area contributed by atoms with Crippen molar-refractivity contribution >= 4 is 11.8 Å². The fourth-order valence-electron chi connectivity index (χ4n) is 1.63. The molecule has 0 saturated carbocycles. The topological polar surface area (TPSA) is 47.3 Å². The molecule has 0 bridgehead atoms. The molecule has 3 N–H and O–H groups in total. The molecule has 1 unspecified atom stereocenters. The number of benzene rings is 1. The summed E-state index contributed by atoms with van der Waals surface area (Å²) in [5.41, 5.74) is 3.49. The molecule has 1 rings (SSSR count). The molecule has 0 amide bonds. The Morgan fingerprint density at radius 3 is 2.67 bits per heavy atom. The zero-order chi connectivity index (χ0) is 13.5. The first-order valence-corrected chi connectivity index (χ1v) is 7.11. The van der Waals surface area contributed by atoms with E-state index < -0.39 is 0 Å². The van der Waals surface area contributed by atoms with Crippen molar-refractivity contribution in [3.63, 3.8) is 0 Å². The van der Waals surface area contributed by atoms with E-state index in [1.807, 2.05) is 0 Å². The second kappa shape index (κ2) is 7.61. The fourth-order valence-corrected chi connectivity index (χ4v) is 2.75. The quantitative estimate of drug-likeness (QED) is 0.592. The van der Waals surface area contributed by atoms with Gasteiger partial charge >= 0.3 is 0 Å². The van der Waals surface area contributed by atoms with Crippen LogP contribution in [0.2, 0.25) is 0 Å². The van der Waals surface area contributed by atoms with Crippen LogP contribution < -0.4 is 16.0 Å². The molecule has 1 aromatic carbocycles. The van der Waals surface area contributed by atoms with Gasteiger partial charge in [0.2, 0.25) is 0 Å². The number of halogens is 1. The molecule has 18 heavy (non-hydrogen) atoms. The molecular weight excluding hydrogens is 251 g/mol. The molecule has 0 aliphatic carbocycles. The first-order chi connectivity index (χ1) is 8.58. The Hall–Kier alpha value is -0.780. The normalized spacial score (nSPS) is 12.8. The van der Waals surface area contributed by atoms with Gasteiger partial charge in [0, 0.05) is 11.3 Å². The van der Waals surface area contributed by atoms with E-state index in [2.05, 4.69) is 19.3 Å². The molecule has 0 spiro atoms. The van der Waals surface area contributed by atoms with Crippen molar-refractivity contribution in [2.24, 2.45) is 11.8 Å². The number of methoxy groups -OCH3 is 1. The SMILES string of the molecule is COc1ccc(F)cc1C(CSCC(C)C)NN. The molecule has 0 aromatic heterocycles. The summed E-state index contributed by atoms with van der Waals surface area (Å²) in [7, 11) is 1.57. The van der Waals surface area contributed by atoms with E-state index in [4.69, 9.17) is 10.6 Å². The first-order valence-electron chi connectivity index (χ1n) is 5.95. The Labute approximate surface area is 112 Å². The molecule has 0 radical (unpaired) electrons. The van der Waals surface area contributed by atoms with Gasteiger partial charge in [0.25, 0.3) is 0 Å². The smallest absolute Gasteiger partial charge is 0.123 e. The van der Waals surface area contributed by atoms with Crippen molar-refractivity contribution < 1.29 is 9.13 Å². The zero-order valence-electron chi connectivity index (χ0n) is 11.1. The van der Waals surface area contributed by atoms with Crippen molar-refractivity contribution in [2.45, 2.75) is 19.9 Å². The van der Waals surface area contributed by atoms with Gasteiger partial charge in [0.05, 0.1) is 13.2 Å². The molecule has 0 saturated heterocycles. The summed E-state index contributed by atoms with van der Waals surface area (Å²) in [6, 6.07) is 4.37. The van der Waals surface area contributed by atoms with Crippen LogP contribution in [0.5, 0.6) is 5.75 Å². The van der Waals surface area contributed by atoms with Crippen molar-refractivity contribution in [1.29, 1.82) is 0 Å². The highest BCUT2D eigenvalue weighted by molar-refractivity contribution is 7.99. The van der Waals surface area contributed by atoms with Gasteiger partial charge in [-0.15, -0.1) is 0 Å². The second-order valence-electron chi connectivity index (χ2n) is 4.54. The predicted octanol–water partition coefficient (Wildman–Crippen LogP) is 2.73. The Kier molecular flexibility index (Phi) is 6.46. The number of thioether (sulfide) groups is 1. The molecule has 102 valence electrons. The van der Waals surface area contributed by atoms with E-state index in [1.165, 1.54) is 12.1 Å². The highest BCUT2D eigenvalue weighted by atomic mass is 32.2. The van der Waals surface area contributed by atoms with Crippen LogP contribution in [-0.2, 0) is 0 Å². The Bertz CT molecular complexity index is 374. The third-order valence-corrected chi connectivity index (χ3v) is 3.98. The van der Waals surface area contributed by atoms with Gasteiger partial charge in [-0.3, -0.25) is 11.3 Å². The summed E-state index contributed by atoms with van der Waals surface area (Å²) in [5, 5.41) is 0. The summed E-state index contributed by atoms with van der Waals surface area (Å²) < 4.78 is 18.5. The van der Waals surface area contributed by atoms with Crippen molar-refractivity contribution in [1.82, 2.24) is 5.43 Å². The van der Waals surface area contributed by atoms with E-state index in [9.17, 15) is 4.39 Å². The first kappa shape index (κ1) is 15.3. The van der Waals surface area contributed by atoms with Gasteiger partial charge in [0.1, 0.15) is 11.6 Å². The number of hydrogen-bond acceptors (Lipinski definition) is 4. The Morgan fingerprint density at radius 2 is 2.11 bits per heavy atom. The summed E-state index contributed by atoms with van der Waals surface area (Å²) in [4.78, 5) is 0. The van der Waals surface area contributed by atoms with Gasteiger partial charge in [0.15, 0.2) is 0 Å². The van der Waals surface area contributed by atoms with E-state index in [0.717, 1.165) is 17.1 Å². The molecule has 1 aromatic rings. The Balaban J connectivity index is 2.77. The lowest BCUT2D eigenvalue weighted by Gasteiger charge is -2.19. The van der Waals surface area contributed by atoms with Crippen LogP contribution in [0.4, 0.5) is 4.39 Å². The number of rotatable bonds is 7. The molecule has 1 atom stereocenters. The fraction of sp³-hybridized carbons (Fsp3) is 0.538. The third kappa shape index (κ3) is 4.48. The second-order valence-corrected chi connectivity index (χ2v) is 5.61. The molecule has 0 fully saturated rings. The lowest BCUT2D eigenvalue weighted by molar-refractivity contribution is 0.401. The number of nitrogens with one attached hydrogen (secondary N) is 1. The maximum absolute atomic E-state index is 13.3. The van der Waals surface area contributed by atoms with E-state index >= 15 is 0 Å². The van der Waals surface area contributed by atoms with Crippen LogP contribution in [-0.4, -0.2) is 18.6 Å². The van der Waals surface area contributed by atoms with Gasteiger partial charge in [-0.1, -0.05) is 13.8 Å². The van der Waals surface area contributed by atoms with Crippen LogP contribution in [0.1, 0.15) is 25.5 Å². The minimum absolute atomic E-state index is 0.112. The largest absolute Gasteiger partial charge is 0.496 e. The standard InChI is InChI=1S/C13H21FN2OS/c1-9(2)7-18-8-12(16-15)11-6-10(14)4-5-13(11)17-3/h4-6,9,12,16H,7-8,15H2,1-3H3. The highest BCUT2D eigenvalue weighted by Crippen LogP contribution is 2.28. The average molecular weight is 272 g/mol. The Morgan fingerprint density at radius 1 is 1.39 bits per heavy atom. The summed E-state index contributed by atoms with van der Waals surface area (Å²) in [5.74, 6) is 8.40. The van der Waals surface area contributed by atoms with Gasteiger partial charge in [-0.25, -0.2) is 4.39 Å². The third-order valence-electron chi connectivity index (χ3n) is 2.50. The number of nitrogens with two attached hydrogens (primary N) is 1. The maximum atomic E-state index is 13.3. The van der Waals surface area contributed by atoms with Gasteiger partial charge < -0.3 is 4.74 Å². The highest BCUT2D eigenvalue weighted by Gasteiger charge is 2.16. The van der Waals surface area contributed by atoms with Crippen molar-refractivity contribution in [3.05, 3.63) is 29.6 Å². The van der Waals surface area contributed by atoms with Crippen LogP contribution in [0, 0.1) is 11.7 Å². The van der Waals surface area contributed by atoms with Crippen molar-refractivity contribution in [3.8, 4) is 5.75 Å². The van der Waals surface area contributed by atoms with E-state index in [1.54, 1.807) is 24.9 Å². The molecule has 5 heteroatoms. The molecule has 3 nitrogen and oxygen atoms in total. The van der Waals surface area contributed by atoms with Crippen molar-refractivity contribution in [2.75, 3.05) is 18.6 Å². The van der Waals surface area contributed by atoms with E-state index in [-0.39, 0.29) is 11.9 Å². The summed E-state index contributed by atoms with van der Waals surface area (Å²) >= 11 is 1.79. The summed E-state index contributed by atoms with van der Waals surface area (Å²) in [6.07, 6.45) is 0. The van der Waals surface area contributed by atoms with Crippen LogP contribution in [0.15, 0.2) is 18.2 Å². The van der Waals surface area contributed by atoms with Crippen LogP contribution in [0.3, 0.4) is 0 Å². The van der Waals surface area contributed by atoms with Crippen LogP contribution in [0.25, 0.3) is 0 Å². The zero-order valence-corrected chi connectivity index (χ0v) is 11.9. The molecule has 0 aliphatic rings. The predicted molar refractivity (Wildman–Crippen MR) is 75.2 cm³/mol. The molecule has 0 aliphatic heterocycles. The maximum Gasteiger partial charge on any atom is 0.123 e. The minimum atomic E-state index is -0.278. The van der Waals surface area contributed by atoms with E-state index in [0.29, 0.717) is 11.7 Å². The van der Waals surface area contributed by atoms with Gasteiger partial charge in [-0.05, 0) is 29.9 Å². The molecular formula is C13H21FN2OS. The minimum Gasteiger partial charge on any atom is -0.496 e. The van der Waals surface area contributed by atoms with Crippen LogP contribution >= 0.6 is 11.8 Å². The lowest BCUT2D eigenvalue weighted by Crippen LogP contribution is -2.30. The monoisotopic (exact) mass is 272 g/mol. The molecule has 0 heterocycles. The van der Waals surface area contributed by atoms with Gasteiger partial charge in [-0.2, -0.15) is 11.8 Å². The number of hydrazine groups is 1. The summed E-state index contributed by atoms with van der Waals surface area (Å²) in [6.45, 7) is 4.33. The lowest BCUT2D eigenvalue weighted by atomic mass is 10.1. The number of ether oxygens (including phenoxy) is 1. The average Bonchev–Trinajstić information content (AvgIpc) is 2.34. The number of hydrogen-bond donors (Lipinski definition) is 2.